The van der Waals surface area contributed by atoms with Gasteiger partial charge in [0.05, 0.1) is 21.3 Å². The molecule has 0 saturated heterocycles. The van der Waals surface area contributed by atoms with Crippen LogP contribution in [0.5, 0.6) is 0 Å². The number of halogens is 2. The fourth-order valence-corrected chi connectivity index (χ4v) is 2.90. The van der Waals surface area contributed by atoms with Crippen LogP contribution < -0.4 is 11.1 Å². The van der Waals surface area contributed by atoms with Crippen molar-refractivity contribution in [2.75, 3.05) is 5.32 Å². The van der Waals surface area contributed by atoms with Crippen molar-refractivity contribution in [3.05, 3.63) is 88.5 Å². The van der Waals surface area contributed by atoms with Crippen LogP contribution in [0.4, 0.5) is 5.69 Å². The maximum absolute atomic E-state index is 12.6. The van der Waals surface area contributed by atoms with Crippen LogP contribution in [0, 0.1) is 0 Å². The Hall–Kier alpha value is -2.82. The molecule has 0 radical (unpaired) electrons. The zero-order chi connectivity index (χ0) is 18.7. The average molecular weight is 384 g/mol. The molecule has 26 heavy (non-hydrogen) atoms. The highest BCUT2D eigenvalue weighted by molar-refractivity contribution is 6.35. The van der Waals surface area contributed by atoms with Gasteiger partial charge in [-0.15, -0.1) is 0 Å². The van der Waals surface area contributed by atoms with Crippen LogP contribution >= 0.6 is 23.2 Å². The second-order valence-electron chi connectivity index (χ2n) is 5.58. The van der Waals surface area contributed by atoms with E-state index < -0.39 is 0 Å². The predicted octanol–water partition coefficient (Wildman–Crippen LogP) is 5.24. The van der Waals surface area contributed by atoms with Gasteiger partial charge >= 0.3 is 0 Å². The zero-order valence-electron chi connectivity index (χ0n) is 13.7. The molecule has 3 rings (SSSR count). The van der Waals surface area contributed by atoms with Crippen molar-refractivity contribution >= 4 is 40.5 Å². The number of benzene rings is 2. The summed E-state index contributed by atoms with van der Waals surface area (Å²) in [5.74, 6) is -0.335. The number of hydrogen-bond donors (Lipinski definition) is 2. The van der Waals surface area contributed by atoms with Crippen molar-refractivity contribution in [3.8, 4) is 11.3 Å². The minimum atomic E-state index is -0.335. The minimum Gasteiger partial charge on any atom is -0.399 e. The van der Waals surface area contributed by atoms with Crippen molar-refractivity contribution in [1.82, 2.24) is 4.98 Å². The minimum absolute atomic E-state index is 0.297. The van der Waals surface area contributed by atoms with Gasteiger partial charge < -0.3 is 11.1 Å². The summed E-state index contributed by atoms with van der Waals surface area (Å²) in [7, 11) is 0. The first-order chi connectivity index (χ1) is 12.5. The summed E-state index contributed by atoms with van der Waals surface area (Å²) in [5.41, 5.74) is 9.08. The van der Waals surface area contributed by atoms with E-state index in [-0.39, 0.29) is 5.91 Å². The molecule has 0 aliphatic carbocycles. The standard InChI is InChI=1S/C20H15Cl2N3O/c1-12(23)13-5-7-15(18(22)10-13)20(26)25-14-6-8-17(21)16(11-14)19-4-2-3-9-24-19/h2-11H,1,23H2,(H,25,26). The molecule has 3 aromatic rings. The summed E-state index contributed by atoms with van der Waals surface area (Å²) in [6, 6.07) is 15.7. The Morgan fingerprint density at radius 3 is 2.50 bits per heavy atom. The van der Waals surface area contributed by atoms with Gasteiger partial charge in [0, 0.05) is 23.1 Å². The van der Waals surface area contributed by atoms with Gasteiger partial charge in [0.2, 0.25) is 0 Å². The van der Waals surface area contributed by atoms with Crippen molar-refractivity contribution in [2.45, 2.75) is 0 Å². The smallest absolute Gasteiger partial charge is 0.257 e. The fourth-order valence-electron chi connectivity index (χ4n) is 2.42. The average Bonchev–Trinajstić information content (AvgIpc) is 2.63. The van der Waals surface area contributed by atoms with E-state index in [2.05, 4.69) is 16.9 Å². The van der Waals surface area contributed by atoms with E-state index in [9.17, 15) is 4.79 Å². The summed E-state index contributed by atoms with van der Waals surface area (Å²) in [4.78, 5) is 16.8. The summed E-state index contributed by atoms with van der Waals surface area (Å²) in [6.45, 7) is 3.66. The Morgan fingerprint density at radius 1 is 1.04 bits per heavy atom. The molecule has 0 unspecified atom stereocenters. The molecule has 0 aliphatic rings. The molecule has 2 aromatic carbocycles. The monoisotopic (exact) mass is 383 g/mol. The topological polar surface area (TPSA) is 68.0 Å². The number of nitrogens with zero attached hydrogens (tertiary/aromatic N) is 1. The highest BCUT2D eigenvalue weighted by atomic mass is 35.5. The lowest BCUT2D eigenvalue weighted by Crippen LogP contribution is -2.13. The van der Waals surface area contributed by atoms with Gasteiger partial charge in [0.1, 0.15) is 0 Å². The predicted molar refractivity (Wildman–Crippen MR) is 107 cm³/mol. The van der Waals surface area contributed by atoms with Crippen LogP contribution in [0.3, 0.4) is 0 Å². The first-order valence-electron chi connectivity index (χ1n) is 7.72. The third-order valence-electron chi connectivity index (χ3n) is 3.75. The number of carbonyl (C=O) groups is 1. The number of carbonyl (C=O) groups excluding carboxylic acids is 1. The van der Waals surface area contributed by atoms with Crippen molar-refractivity contribution in [3.63, 3.8) is 0 Å². The second kappa shape index (κ2) is 7.60. The first kappa shape index (κ1) is 18.0. The largest absolute Gasteiger partial charge is 0.399 e. The second-order valence-corrected chi connectivity index (χ2v) is 6.40. The van der Waals surface area contributed by atoms with Gasteiger partial charge in [-0.25, -0.2) is 0 Å². The SMILES string of the molecule is C=C(N)c1ccc(C(=O)Nc2ccc(Cl)c(-c3ccccn3)c2)c(Cl)c1. The quantitative estimate of drug-likeness (QED) is 0.647. The van der Waals surface area contributed by atoms with E-state index in [1.807, 2.05) is 18.2 Å². The van der Waals surface area contributed by atoms with Crippen LogP contribution in [-0.2, 0) is 0 Å². The number of aromatic nitrogens is 1. The van der Waals surface area contributed by atoms with Crippen LogP contribution in [0.2, 0.25) is 10.0 Å². The molecule has 0 aliphatic heterocycles. The molecule has 3 N–H and O–H groups in total. The Morgan fingerprint density at radius 2 is 1.85 bits per heavy atom. The van der Waals surface area contributed by atoms with E-state index in [1.165, 1.54) is 0 Å². The molecule has 6 heteroatoms. The molecule has 0 saturated carbocycles. The third-order valence-corrected chi connectivity index (χ3v) is 4.39. The first-order valence-corrected chi connectivity index (χ1v) is 8.48. The highest BCUT2D eigenvalue weighted by Crippen LogP contribution is 2.30. The van der Waals surface area contributed by atoms with Gasteiger partial charge in [-0.3, -0.25) is 9.78 Å². The van der Waals surface area contributed by atoms with Crippen molar-refractivity contribution < 1.29 is 4.79 Å². The fraction of sp³-hybridized carbons (Fsp3) is 0. The maximum atomic E-state index is 12.6. The van der Waals surface area contributed by atoms with Gasteiger partial charge in [0.15, 0.2) is 0 Å². The molecular formula is C20H15Cl2N3O. The maximum Gasteiger partial charge on any atom is 0.257 e. The lowest BCUT2D eigenvalue weighted by molar-refractivity contribution is 0.102. The number of hydrogen-bond acceptors (Lipinski definition) is 3. The summed E-state index contributed by atoms with van der Waals surface area (Å²) in [6.07, 6.45) is 1.68. The number of anilines is 1. The van der Waals surface area contributed by atoms with Crippen LogP contribution in [0.15, 0.2) is 67.4 Å². The number of pyridine rings is 1. The molecule has 4 nitrogen and oxygen atoms in total. The van der Waals surface area contributed by atoms with E-state index in [0.29, 0.717) is 32.6 Å². The normalized spacial score (nSPS) is 10.4. The third kappa shape index (κ3) is 3.87. The molecular weight excluding hydrogens is 369 g/mol. The number of nitrogens with one attached hydrogen (secondary N) is 1. The van der Waals surface area contributed by atoms with Gasteiger partial charge in [0.25, 0.3) is 5.91 Å². The van der Waals surface area contributed by atoms with E-state index in [4.69, 9.17) is 28.9 Å². The molecule has 1 heterocycles. The number of amides is 1. The molecule has 0 fully saturated rings. The molecule has 1 aromatic heterocycles. The summed E-state index contributed by atoms with van der Waals surface area (Å²) >= 11 is 12.5. The van der Waals surface area contributed by atoms with Gasteiger partial charge in [-0.1, -0.05) is 41.9 Å². The Bertz CT molecular complexity index is 988. The molecule has 0 spiro atoms. The van der Waals surface area contributed by atoms with Crippen LogP contribution in [0.1, 0.15) is 15.9 Å². The van der Waals surface area contributed by atoms with Gasteiger partial charge in [-0.2, -0.15) is 0 Å². The molecule has 0 bridgehead atoms. The Labute approximate surface area is 161 Å². The number of rotatable bonds is 4. The number of nitrogens with two attached hydrogens (primary N) is 1. The lowest BCUT2D eigenvalue weighted by Gasteiger charge is -2.11. The van der Waals surface area contributed by atoms with Crippen LogP contribution in [0.25, 0.3) is 17.0 Å². The Balaban J connectivity index is 1.88. The summed E-state index contributed by atoms with van der Waals surface area (Å²) < 4.78 is 0. The van der Waals surface area contributed by atoms with E-state index >= 15 is 0 Å². The summed E-state index contributed by atoms with van der Waals surface area (Å²) in [5, 5.41) is 3.67. The van der Waals surface area contributed by atoms with Crippen LogP contribution in [-0.4, -0.2) is 10.9 Å². The van der Waals surface area contributed by atoms with Crippen molar-refractivity contribution in [1.29, 1.82) is 0 Å². The molecule has 0 atom stereocenters. The van der Waals surface area contributed by atoms with E-state index in [0.717, 1.165) is 11.3 Å². The highest BCUT2D eigenvalue weighted by Gasteiger charge is 2.13. The van der Waals surface area contributed by atoms with Gasteiger partial charge in [-0.05, 0) is 48.0 Å². The molecule has 1 amide bonds. The Kier molecular flexibility index (Phi) is 5.26. The zero-order valence-corrected chi connectivity index (χ0v) is 15.2. The lowest BCUT2D eigenvalue weighted by atomic mass is 10.1. The van der Waals surface area contributed by atoms with Crippen molar-refractivity contribution in [2.24, 2.45) is 5.73 Å². The molecule has 130 valence electrons. The van der Waals surface area contributed by atoms with E-state index in [1.54, 1.807) is 42.6 Å².